The molecule has 1 heterocycles. The summed E-state index contributed by atoms with van der Waals surface area (Å²) in [5.74, 6) is 0.549. The molecule has 1 amide bonds. The van der Waals surface area contributed by atoms with Crippen molar-refractivity contribution in [3.05, 3.63) is 35.9 Å². The van der Waals surface area contributed by atoms with Crippen LogP contribution in [0, 0.1) is 12.8 Å². The van der Waals surface area contributed by atoms with Crippen LogP contribution < -0.4 is 11.1 Å². The Bertz CT molecular complexity index is 645. The van der Waals surface area contributed by atoms with Gasteiger partial charge in [-0.15, -0.1) is 0 Å². The minimum Gasteiger partial charge on any atom is -0.320 e. The number of nitrogens with zero attached hydrogens (tertiary/aromatic N) is 2. The second kappa shape index (κ2) is 6.10. The molecule has 0 unspecified atom stereocenters. The van der Waals surface area contributed by atoms with E-state index in [1.807, 2.05) is 51.1 Å². The Morgan fingerprint density at radius 2 is 2.00 bits per heavy atom. The van der Waals surface area contributed by atoms with Gasteiger partial charge in [-0.2, -0.15) is 5.10 Å². The van der Waals surface area contributed by atoms with Gasteiger partial charge < -0.3 is 11.1 Å². The molecule has 2 rings (SSSR count). The number of benzene rings is 1. The van der Waals surface area contributed by atoms with Gasteiger partial charge >= 0.3 is 0 Å². The second-order valence-electron chi connectivity index (χ2n) is 5.61. The van der Waals surface area contributed by atoms with E-state index in [0.29, 0.717) is 5.82 Å². The Balaban J connectivity index is 2.24. The molecule has 112 valence electrons. The van der Waals surface area contributed by atoms with Crippen LogP contribution >= 0.6 is 0 Å². The van der Waals surface area contributed by atoms with E-state index in [2.05, 4.69) is 10.4 Å². The van der Waals surface area contributed by atoms with Crippen LogP contribution in [0.2, 0.25) is 0 Å². The fraction of sp³-hybridized carbons (Fsp3) is 0.375. The van der Waals surface area contributed by atoms with Crippen molar-refractivity contribution in [1.29, 1.82) is 0 Å². The standard InChI is InChI=1S/C16H22N4O/c1-10(2)15(17)16(21)18-14-9-13(19-20(14)4)12-8-6-5-7-11(12)3/h5-10,15H,17H2,1-4H3,(H,18,21)/t15-/m0/s1. The van der Waals surface area contributed by atoms with Gasteiger partial charge in [0.2, 0.25) is 5.91 Å². The molecule has 0 radical (unpaired) electrons. The Hall–Kier alpha value is -2.14. The van der Waals surface area contributed by atoms with Crippen LogP contribution in [0.25, 0.3) is 11.3 Å². The number of carbonyl (C=O) groups is 1. The topological polar surface area (TPSA) is 72.9 Å². The fourth-order valence-electron chi connectivity index (χ4n) is 2.09. The average molecular weight is 286 g/mol. The lowest BCUT2D eigenvalue weighted by atomic mass is 10.0. The summed E-state index contributed by atoms with van der Waals surface area (Å²) in [7, 11) is 1.80. The van der Waals surface area contributed by atoms with Crippen molar-refractivity contribution < 1.29 is 4.79 Å². The first-order chi connectivity index (χ1) is 9.90. The number of amides is 1. The normalized spacial score (nSPS) is 12.5. The molecular weight excluding hydrogens is 264 g/mol. The summed E-state index contributed by atoms with van der Waals surface area (Å²) in [6.45, 7) is 5.88. The molecule has 5 nitrogen and oxygen atoms in total. The van der Waals surface area contributed by atoms with Crippen LogP contribution in [0.5, 0.6) is 0 Å². The van der Waals surface area contributed by atoms with E-state index in [-0.39, 0.29) is 11.8 Å². The number of rotatable bonds is 4. The molecule has 1 aromatic carbocycles. The van der Waals surface area contributed by atoms with Gasteiger partial charge in [-0.05, 0) is 18.4 Å². The maximum absolute atomic E-state index is 12.0. The minimum atomic E-state index is -0.526. The predicted octanol–water partition coefficient (Wildman–Crippen LogP) is 2.32. The Morgan fingerprint density at radius 1 is 1.33 bits per heavy atom. The molecule has 0 aliphatic rings. The summed E-state index contributed by atoms with van der Waals surface area (Å²) in [4.78, 5) is 12.0. The van der Waals surface area contributed by atoms with Crippen LogP contribution in [-0.4, -0.2) is 21.7 Å². The first kappa shape index (κ1) is 15.3. The SMILES string of the molecule is Cc1ccccc1-c1cc(NC(=O)[C@@H](N)C(C)C)n(C)n1. The van der Waals surface area contributed by atoms with Crippen LogP contribution in [0.15, 0.2) is 30.3 Å². The van der Waals surface area contributed by atoms with Crippen molar-refractivity contribution in [3.8, 4) is 11.3 Å². The summed E-state index contributed by atoms with van der Waals surface area (Å²) in [5.41, 5.74) is 8.90. The van der Waals surface area contributed by atoms with E-state index in [9.17, 15) is 4.79 Å². The Morgan fingerprint density at radius 3 is 2.62 bits per heavy atom. The number of nitrogens with one attached hydrogen (secondary N) is 1. The van der Waals surface area contributed by atoms with Gasteiger partial charge in [0.05, 0.1) is 11.7 Å². The molecule has 21 heavy (non-hydrogen) atoms. The van der Waals surface area contributed by atoms with E-state index < -0.39 is 6.04 Å². The predicted molar refractivity (Wildman–Crippen MR) is 84.8 cm³/mol. The largest absolute Gasteiger partial charge is 0.320 e. The number of hydrogen-bond donors (Lipinski definition) is 2. The van der Waals surface area contributed by atoms with Crippen LogP contribution in [-0.2, 0) is 11.8 Å². The molecule has 1 atom stereocenters. The monoisotopic (exact) mass is 286 g/mol. The van der Waals surface area contributed by atoms with Gasteiger partial charge in [0.25, 0.3) is 0 Å². The first-order valence-corrected chi connectivity index (χ1v) is 7.06. The summed E-state index contributed by atoms with van der Waals surface area (Å²) in [6.07, 6.45) is 0. The zero-order valence-electron chi connectivity index (χ0n) is 12.9. The first-order valence-electron chi connectivity index (χ1n) is 7.06. The summed E-state index contributed by atoms with van der Waals surface area (Å²) in [6, 6.07) is 9.37. The van der Waals surface area contributed by atoms with Crippen LogP contribution in [0.4, 0.5) is 5.82 Å². The highest BCUT2D eigenvalue weighted by Gasteiger charge is 2.19. The smallest absolute Gasteiger partial charge is 0.242 e. The second-order valence-corrected chi connectivity index (χ2v) is 5.61. The molecule has 0 spiro atoms. The quantitative estimate of drug-likeness (QED) is 0.906. The molecule has 0 aliphatic heterocycles. The van der Waals surface area contributed by atoms with E-state index in [1.165, 1.54) is 0 Å². The minimum absolute atomic E-state index is 0.0917. The molecule has 2 aromatic rings. The van der Waals surface area contributed by atoms with Crippen molar-refractivity contribution in [2.45, 2.75) is 26.8 Å². The van der Waals surface area contributed by atoms with Crippen molar-refractivity contribution in [2.75, 3.05) is 5.32 Å². The van der Waals surface area contributed by atoms with Gasteiger partial charge in [0, 0.05) is 18.7 Å². The van der Waals surface area contributed by atoms with Crippen LogP contribution in [0.3, 0.4) is 0 Å². The van der Waals surface area contributed by atoms with E-state index in [4.69, 9.17) is 5.73 Å². The average Bonchev–Trinajstić information content (AvgIpc) is 2.79. The molecule has 5 heteroatoms. The Labute approximate surface area is 125 Å². The van der Waals surface area contributed by atoms with Gasteiger partial charge in [-0.3, -0.25) is 9.48 Å². The number of aryl methyl sites for hydroxylation is 2. The molecular formula is C16H22N4O. The molecule has 0 fully saturated rings. The molecule has 1 aromatic heterocycles. The summed E-state index contributed by atoms with van der Waals surface area (Å²) in [5, 5.41) is 7.30. The van der Waals surface area contributed by atoms with Gasteiger partial charge in [-0.25, -0.2) is 0 Å². The molecule has 3 N–H and O–H groups in total. The third kappa shape index (κ3) is 3.31. The molecule has 0 saturated carbocycles. The van der Waals surface area contributed by atoms with E-state index in [0.717, 1.165) is 16.8 Å². The highest BCUT2D eigenvalue weighted by molar-refractivity contribution is 5.94. The third-order valence-corrected chi connectivity index (χ3v) is 3.57. The van der Waals surface area contributed by atoms with Crippen molar-refractivity contribution >= 4 is 11.7 Å². The number of nitrogens with two attached hydrogens (primary N) is 1. The van der Waals surface area contributed by atoms with E-state index in [1.54, 1.807) is 11.7 Å². The lowest BCUT2D eigenvalue weighted by molar-refractivity contribution is -0.118. The fourth-order valence-corrected chi connectivity index (χ4v) is 2.09. The maximum atomic E-state index is 12.0. The maximum Gasteiger partial charge on any atom is 0.242 e. The van der Waals surface area contributed by atoms with Gasteiger partial charge in [0.1, 0.15) is 5.82 Å². The zero-order chi connectivity index (χ0) is 15.6. The lowest BCUT2D eigenvalue weighted by Crippen LogP contribution is -2.40. The number of aromatic nitrogens is 2. The van der Waals surface area contributed by atoms with E-state index >= 15 is 0 Å². The number of hydrogen-bond acceptors (Lipinski definition) is 3. The van der Waals surface area contributed by atoms with Crippen molar-refractivity contribution in [3.63, 3.8) is 0 Å². The van der Waals surface area contributed by atoms with Crippen LogP contribution in [0.1, 0.15) is 19.4 Å². The highest BCUT2D eigenvalue weighted by Crippen LogP contribution is 2.24. The van der Waals surface area contributed by atoms with Gasteiger partial charge in [0.15, 0.2) is 0 Å². The summed E-state index contributed by atoms with van der Waals surface area (Å²) >= 11 is 0. The van der Waals surface area contributed by atoms with Crippen molar-refractivity contribution in [1.82, 2.24) is 9.78 Å². The van der Waals surface area contributed by atoms with Crippen molar-refractivity contribution in [2.24, 2.45) is 18.7 Å². The highest BCUT2D eigenvalue weighted by atomic mass is 16.2. The van der Waals surface area contributed by atoms with Gasteiger partial charge in [-0.1, -0.05) is 38.1 Å². The Kier molecular flexibility index (Phi) is 4.43. The number of anilines is 1. The summed E-state index contributed by atoms with van der Waals surface area (Å²) < 4.78 is 1.66. The third-order valence-electron chi connectivity index (χ3n) is 3.57. The zero-order valence-corrected chi connectivity index (χ0v) is 12.9. The lowest BCUT2D eigenvalue weighted by Gasteiger charge is -2.14. The molecule has 0 bridgehead atoms. The molecule has 0 aliphatic carbocycles. The molecule has 0 saturated heterocycles. The number of carbonyl (C=O) groups excluding carboxylic acids is 1.